The number of aryl methyl sites for hydroxylation is 1. The van der Waals surface area contributed by atoms with Crippen molar-refractivity contribution in [3.8, 4) is 5.75 Å². The Labute approximate surface area is 192 Å². The van der Waals surface area contributed by atoms with E-state index in [0.29, 0.717) is 13.2 Å². The van der Waals surface area contributed by atoms with Crippen molar-refractivity contribution in [2.45, 2.75) is 64.1 Å². The first kappa shape index (κ1) is 23.3. The molecule has 3 saturated heterocycles. The van der Waals surface area contributed by atoms with Gasteiger partial charge in [0.15, 0.2) is 5.96 Å². The second-order valence-corrected chi connectivity index (χ2v) is 9.29. The summed E-state index contributed by atoms with van der Waals surface area (Å²) in [6.45, 7) is 12.1. The average molecular weight is 445 g/mol. The van der Waals surface area contributed by atoms with Gasteiger partial charge in [-0.1, -0.05) is 12.1 Å². The van der Waals surface area contributed by atoms with Gasteiger partial charge in [0.2, 0.25) is 0 Å². The molecule has 32 heavy (non-hydrogen) atoms. The molecule has 1 aromatic carbocycles. The van der Waals surface area contributed by atoms with Crippen LogP contribution in [0.4, 0.5) is 0 Å². The summed E-state index contributed by atoms with van der Waals surface area (Å²) >= 11 is 0. The Balaban J connectivity index is 1.43. The second kappa shape index (κ2) is 11.3. The van der Waals surface area contributed by atoms with Crippen molar-refractivity contribution in [3.05, 3.63) is 29.3 Å². The normalized spacial score (nSPS) is 23.9. The van der Waals surface area contributed by atoms with Gasteiger partial charge in [0.25, 0.3) is 0 Å². The van der Waals surface area contributed by atoms with Gasteiger partial charge in [-0.3, -0.25) is 4.90 Å². The molecule has 3 fully saturated rings. The van der Waals surface area contributed by atoms with Crippen LogP contribution in [0.15, 0.2) is 23.2 Å². The van der Waals surface area contributed by atoms with Crippen LogP contribution in [0.1, 0.15) is 50.2 Å². The molecule has 4 rings (SSSR count). The second-order valence-electron chi connectivity index (χ2n) is 9.29. The zero-order valence-corrected chi connectivity index (χ0v) is 19.8. The first-order chi connectivity index (χ1) is 15.7. The van der Waals surface area contributed by atoms with E-state index in [0.717, 1.165) is 69.4 Å². The molecule has 3 aliphatic rings. The maximum absolute atomic E-state index is 6.26. The first-order valence-electron chi connectivity index (χ1n) is 12.4. The van der Waals surface area contributed by atoms with Crippen molar-refractivity contribution < 1.29 is 14.2 Å². The predicted molar refractivity (Wildman–Crippen MR) is 127 cm³/mol. The highest BCUT2D eigenvalue weighted by Crippen LogP contribution is 2.31. The van der Waals surface area contributed by atoms with Gasteiger partial charge < -0.3 is 24.8 Å². The molecule has 178 valence electrons. The monoisotopic (exact) mass is 444 g/mol. The van der Waals surface area contributed by atoms with E-state index >= 15 is 0 Å². The molecule has 0 bridgehead atoms. The van der Waals surface area contributed by atoms with Gasteiger partial charge in [0.05, 0.1) is 19.8 Å². The van der Waals surface area contributed by atoms with Crippen molar-refractivity contribution in [1.29, 1.82) is 0 Å². The van der Waals surface area contributed by atoms with E-state index in [1.54, 1.807) is 0 Å². The van der Waals surface area contributed by atoms with Gasteiger partial charge in [-0.05, 0) is 64.3 Å². The lowest BCUT2D eigenvalue weighted by Crippen LogP contribution is -2.58. The molecule has 0 aromatic heterocycles. The Kier molecular flexibility index (Phi) is 8.27. The lowest BCUT2D eigenvalue weighted by molar-refractivity contribution is -0.0164. The third-order valence-corrected chi connectivity index (χ3v) is 6.94. The Morgan fingerprint density at radius 1 is 1.16 bits per heavy atom. The minimum Gasteiger partial charge on any atom is -0.488 e. The van der Waals surface area contributed by atoms with Crippen molar-refractivity contribution in [2.75, 3.05) is 52.6 Å². The highest BCUT2D eigenvalue weighted by Gasteiger charge is 2.39. The molecule has 0 spiro atoms. The molecule has 1 aromatic rings. The molecule has 1 atom stereocenters. The van der Waals surface area contributed by atoms with Crippen LogP contribution in [-0.2, 0) is 16.0 Å². The average Bonchev–Trinajstić information content (AvgIpc) is 3.52. The van der Waals surface area contributed by atoms with Crippen molar-refractivity contribution >= 4 is 5.96 Å². The maximum atomic E-state index is 6.26. The maximum Gasteiger partial charge on any atom is 0.191 e. The van der Waals surface area contributed by atoms with Crippen LogP contribution in [0.3, 0.4) is 0 Å². The number of nitrogens with one attached hydrogen (secondary N) is 2. The Morgan fingerprint density at radius 3 is 2.69 bits per heavy atom. The van der Waals surface area contributed by atoms with Crippen LogP contribution >= 0.6 is 0 Å². The Morgan fingerprint density at radius 2 is 1.97 bits per heavy atom. The number of benzene rings is 1. The van der Waals surface area contributed by atoms with Crippen LogP contribution in [0.5, 0.6) is 5.75 Å². The molecule has 2 N–H and O–H groups in total. The standard InChI is InChI=1S/C25H40N4O3/c1-3-26-24(28-19-25(9-14-30-15-10-25)29-11-4-5-12-29)27-17-21-7-6-20(2)16-23(21)32-22-8-13-31-18-22/h6-7,16,22H,3-5,8-15,17-19H2,1-2H3,(H2,26,27,28). The van der Waals surface area contributed by atoms with E-state index in [1.165, 1.54) is 31.5 Å². The summed E-state index contributed by atoms with van der Waals surface area (Å²) in [4.78, 5) is 7.61. The first-order valence-corrected chi connectivity index (χ1v) is 12.4. The number of aliphatic imine (C=N–C) groups is 1. The molecule has 0 amide bonds. The Bertz CT molecular complexity index is 752. The van der Waals surface area contributed by atoms with Crippen molar-refractivity contribution in [3.63, 3.8) is 0 Å². The summed E-state index contributed by atoms with van der Waals surface area (Å²) in [6.07, 6.45) is 5.86. The highest BCUT2D eigenvalue weighted by atomic mass is 16.5. The van der Waals surface area contributed by atoms with E-state index < -0.39 is 0 Å². The number of rotatable bonds is 8. The van der Waals surface area contributed by atoms with Gasteiger partial charge in [-0.15, -0.1) is 0 Å². The lowest BCUT2D eigenvalue weighted by Gasteiger charge is -2.45. The van der Waals surface area contributed by atoms with Crippen LogP contribution in [0.25, 0.3) is 0 Å². The Hall–Kier alpha value is -1.83. The smallest absolute Gasteiger partial charge is 0.191 e. The number of hydrogen-bond donors (Lipinski definition) is 2. The molecule has 0 aliphatic carbocycles. The number of hydrogen-bond acceptors (Lipinski definition) is 5. The molecule has 3 aliphatic heterocycles. The number of nitrogens with zero attached hydrogens (tertiary/aromatic N) is 2. The third kappa shape index (κ3) is 5.94. The number of guanidine groups is 1. The van der Waals surface area contributed by atoms with Crippen LogP contribution in [-0.4, -0.2) is 75.1 Å². The fourth-order valence-electron chi connectivity index (χ4n) is 4.99. The zero-order valence-electron chi connectivity index (χ0n) is 19.8. The topological polar surface area (TPSA) is 67.4 Å². The predicted octanol–water partition coefficient (Wildman–Crippen LogP) is 2.86. The third-order valence-electron chi connectivity index (χ3n) is 6.94. The van der Waals surface area contributed by atoms with E-state index in [2.05, 4.69) is 47.6 Å². The number of likely N-dealkylation sites (tertiary alicyclic amines) is 1. The van der Waals surface area contributed by atoms with E-state index in [4.69, 9.17) is 19.2 Å². The molecular weight excluding hydrogens is 404 g/mol. The molecule has 0 saturated carbocycles. The summed E-state index contributed by atoms with van der Waals surface area (Å²) in [7, 11) is 0. The van der Waals surface area contributed by atoms with Gasteiger partial charge in [0.1, 0.15) is 11.9 Å². The van der Waals surface area contributed by atoms with Gasteiger partial charge >= 0.3 is 0 Å². The minimum atomic E-state index is 0.139. The summed E-state index contributed by atoms with van der Waals surface area (Å²) in [6, 6.07) is 6.39. The molecule has 0 radical (unpaired) electrons. The molecular formula is C25H40N4O3. The van der Waals surface area contributed by atoms with Crippen LogP contribution in [0, 0.1) is 6.92 Å². The van der Waals surface area contributed by atoms with Crippen LogP contribution in [0.2, 0.25) is 0 Å². The van der Waals surface area contributed by atoms with Gasteiger partial charge in [-0.2, -0.15) is 0 Å². The SMILES string of the molecule is CCNC(=NCc1ccc(C)cc1OC1CCOC1)NCC1(N2CCCC2)CCOCC1. The lowest BCUT2D eigenvalue weighted by atomic mass is 9.88. The van der Waals surface area contributed by atoms with Crippen molar-refractivity contribution in [2.24, 2.45) is 4.99 Å². The summed E-state index contributed by atoms with van der Waals surface area (Å²) in [5.74, 6) is 1.80. The molecule has 7 nitrogen and oxygen atoms in total. The fourth-order valence-corrected chi connectivity index (χ4v) is 4.99. The molecule has 3 heterocycles. The highest BCUT2D eigenvalue weighted by molar-refractivity contribution is 5.79. The summed E-state index contributed by atoms with van der Waals surface area (Å²) < 4.78 is 17.4. The van der Waals surface area contributed by atoms with Crippen LogP contribution < -0.4 is 15.4 Å². The van der Waals surface area contributed by atoms with E-state index in [1.807, 2.05) is 0 Å². The van der Waals surface area contributed by atoms with Gasteiger partial charge in [0, 0.05) is 43.8 Å². The van der Waals surface area contributed by atoms with E-state index in [9.17, 15) is 0 Å². The minimum absolute atomic E-state index is 0.139. The van der Waals surface area contributed by atoms with Gasteiger partial charge in [-0.25, -0.2) is 4.99 Å². The summed E-state index contributed by atoms with van der Waals surface area (Å²) in [5.41, 5.74) is 2.48. The quantitative estimate of drug-likeness (QED) is 0.475. The van der Waals surface area contributed by atoms with E-state index in [-0.39, 0.29) is 11.6 Å². The summed E-state index contributed by atoms with van der Waals surface area (Å²) in [5, 5.41) is 7.10. The largest absolute Gasteiger partial charge is 0.488 e. The molecule has 1 unspecified atom stereocenters. The van der Waals surface area contributed by atoms with Crippen molar-refractivity contribution in [1.82, 2.24) is 15.5 Å². The fraction of sp³-hybridized carbons (Fsp3) is 0.720. The zero-order chi connectivity index (χ0) is 22.2. The molecule has 7 heteroatoms. The number of ether oxygens (including phenoxy) is 3.